The van der Waals surface area contributed by atoms with E-state index < -0.39 is 0 Å². The van der Waals surface area contributed by atoms with Gasteiger partial charge in [0.15, 0.2) is 0 Å². The van der Waals surface area contributed by atoms with Crippen molar-refractivity contribution in [1.29, 1.82) is 0 Å². The van der Waals surface area contributed by atoms with Crippen LogP contribution in [-0.2, 0) is 0 Å². The number of carbonyl (C=O) groups excluding carboxylic acids is 1. The molecular formula is C19H16N4O. The maximum atomic E-state index is 12.7. The summed E-state index contributed by atoms with van der Waals surface area (Å²) in [6, 6.07) is 13.6. The van der Waals surface area contributed by atoms with Crippen LogP contribution < -0.4 is 5.32 Å². The Balaban J connectivity index is 1.70. The minimum Gasteiger partial charge on any atom is -0.322 e. The van der Waals surface area contributed by atoms with E-state index in [1.807, 2.05) is 56.3 Å². The molecule has 2 aromatic heterocycles. The van der Waals surface area contributed by atoms with Crippen molar-refractivity contribution in [2.24, 2.45) is 0 Å². The monoisotopic (exact) mass is 316 g/mol. The van der Waals surface area contributed by atoms with Crippen molar-refractivity contribution in [3.8, 4) is 0 Å². The Morgan fingerprint density at radius 2 is 1.92 bits per heavy atom. The summed E-state index contributed by atoms with van der Waals surface area (Å²) in [5.41, 5.74) is 5.01. The third-order valence-corrected chi connectivity index (χ3v) is 4.10. The molecule has 4 aromatic rings. The molecule has 2 aromatic carbocycles. The summed E-state index contributed by atoms with van der Waals surface area (Å²) >= 11 is 0. The zero-order valence-corrected chi connectivity index (χ0v) is 13.4. The Morgan fingerprint density at radius 3 is 2.79 bits per heavy atom. The van der Waals surface area contributed by atoms with Gasteiger partial charge in [-0.3, -0.25) is 14.9 Å². The number of hydrogen-bond acceptors (Lipinski definition) is 3. The van der Waals surface area contributed by atoms with Gasteiger partial charge in [-0.1, -0.05) is 11.6 Å². The van der Waals surface area contributed by atoms with E-state index in [1.54, 1.807) is 6.20 Å². The van der Waals surface area contributed by atoms with Gasteiger partial charge in [-0.05, 0) is 50.2 Å². The van der Waals surface area contributed by atoms with E-state index in [2.05, 4.69) is 20.5 Å². The molecule has 0 spiro atoms. The highest BCUT2D eigenvalue weighted by molar-refractivity contribution is 6.07. The number of carbonyl (C=O) groups is 1. The number of aryl methyl sites for hydroxylation is 2. The molecule has 2 N–H and O–H groups in total. The molecule has 0 radical (unpaired) electrons. The van der Waals surface area contributed by atoms with E-state index in [0.717, 1.165) is 33.1 Å². The zero-order chi connectivity index (χ0) is 16.7. The van der Waals surface area contributed by atoms with Gasteiger partial charge in [-0.15, -0.1) is 0 Å². The molecule has 0 aliphatic rings. The molecule has 0 aliphatic heterocycles. The average Bonchev–Trinajstić information content (AvgIpc) is 3.02. The molecule has 0 bridgehead atoms. The van der Waals surface area contributed by atoms with Crippen LogP contribution in [0.3, 0.4) is 0 Å². The third kappa shape index (κ3) is 2.50. The fraction of sp³-hybridized carbons (Fsp3) is 0.105. The molecule has 1 amide bonds. The quantitative estimate of drug-likeness (QED) is 0.587. The van der Waals surface area contributed by atoms with E-state index >= 15 is 0 Å². The number of anilines is 1. The Labute approximate surface area is 138 Å². The van der Waals surface area contributed by atoms with Crippen LogP contribution in [0.4, 0.5) is 5.69 Å². The molecule has 5 nitrogen and oxygen atoms in total. The van der Waals surface area contributed by atoms with Gasteiger partial charge in [0.05, 0.1) is 28.5 Å². The second-order valence-electron chi connectivity index (χ2n) is 5.94. The second-order valence-corrected chi connectivity index (χ2v) is 5.94. The second kappa shape index (κ2) is 5.45. The van der Waals surface area contributed by atoms with E-state index in [-0.39, 0.29) is 5.91 Å². The number of aromatic nitrogens is 3. The van der Waals surface area contributed by atoms with Crippen LogP contribution in [0.5, 0.6) is 0 Å². The molecule has 0 fully saturated rings. The van der Waals surface area contributed by atoms with Crippen LogP contribution in [0.2, 0.25) is 0 Å². The van der Waals surface area contributed by atoms with Gasteiger partial charge in [0.25, 0.3) is 5.91 Å². The molecule has 0 unspecified atom stereocenters. The Bertz CT molecular complexity index is 1080. The summed E-state index contributed by atoms with van der Waals surface area (Å²) in [6.07, 6.45) is 1.73. The molecular weight excluding hydrogens is 300 g/mol. The maximum absolute atomic E-state index is 12.7. The van der Waals surface area contributed by atoms with Crippen LogP contribution in [0.15, 0.2) is 48.7 Å². The van der Waals surface area contributed by atoms with Crippen molar-refractivity contribution < 1.29 is 4.79 Å². The van der Waals surface area contributed by atoms with E-state index in [9.17, 15) is 4.79 Å². The predicted octanol–water partition coefficient (Wildman–Crippen LogP) is 3.98. The van der Waals surface area contributed by atoms with Crippen LogP contribution in [0.25, 0.3) is 21.8 Å². The lowest BCUT2D eigenvalue weighted by molar-refractivity contribution is 0.102. The van der Waals surface area contributed by atoms with Gasteiger partial charge in [0.1, 0.15) is 0 Å². The van der Waals surface area contributed by atoms with E-state index in [0.29, 0.717) is 11.3 Å². The Kier molecular flexibility index (Phi) is 3.27. The van der Waals surface area contributed by atoms with Crippen molar-refractivity contribution in [3.05, 3.63) is 65.5 Å². The largest absolute Gasteiger partial charge is 0.322 e. The molecule has 0 atom stereocenters. The zero-order valence-electron chi connectivity index (χ0n) is 13.4. The number of aromatic amines is 1. The summed E-state index contributed by atoms with van der Waals surface area (Å²) in [6.45, 7) is 3.88. The molecule has 0 saturated heterocycles. The normalized spacial score (nSPS) is 11.1. The summed E-state index contributed by atoms with van der Waals surface area (Å²) in [4.78, 5) is 17.2. The fourth-order valence-electron chi connectivity index (χ4n) is 2.84. The lowest BCUT2D eigenvalue weighted by Gasteiger charge is -2.09. The number of nitrogens with zero attached hydrogens (tertiary/aromatic N) is 2. The SMILES string of the molecule is Cc1ccc2nc(C)c(C(=O)Nc3ccc4[nH]ncc4c3)cc2c1. The lowest BCUT2D eigenvalue weighted by atomic mass is 10.1. The van der Waals surface area contributed by atoms with Crippen molar-refractivity contribution in [1.82, 2.24) is 15.2 Å². The molecule has 4 rings (SSSR count). The van der Waals surface area contributed by atoms with Crippen molar-refractivity contribution in [3.63, 3.8) is 0 Å². The Hall–Kier alpha value is -3.21. The van der Waals surface area contributed by atoms with E-state index in [4.69, 9.17) is 0 Å². The maximum Gasteiger partial charge on any atom is 0.257 e. The van der Waals surface area contributed by atoms with Crippen LogP contribution in [0, 0.1) is 13.8 Å². The van der Waals surface area contributed by atoms with Crippen molar-refractivity contribution in [2.75, 3.05) is 5.32 Å². The van der Waals surface area contributed by atoms with Gasteiger partial charge in [-0.25, -0.2) is 0 Å². The first-order valence-corrected chi connectivity index (χ1v) is 7.73. The number of hydrogen-bond donors (Lipinski definition) is 2. The number of pyridine rings is 1. The van der Waals surface area contributed by atoms with Crippen molar-refractivity contribution in [2.45, 2.75) is 13.8 Å². The first-order chi connectivity index (χ1) is 11.6. The number of rotatable bonds is 2. The van der Waals surface area contributed by atoms with Crippen LogP contribution in [0.1, 0.15) is 21.6 Å². The highest BCUT2D eigenvalue weighted by atomic mass is 16.1. The topological polar surface area (TPSA) is 70.7 Å². The third-order valence-electron chi connectivity index (χ3n) is 4.10. The summed E-state index contributed by atoms with van der Waals surface area (Å²) in [7, 11) is 0. The highest BCUT2D eigenvalue weighted by Crippen LogP contribution is 2.21. The molecule has 0 aliphatic carbocycles. The number of amides is 1. The highest BCUT2D eigenvalue weighted by Gasteiger charge is 2.12. The number of benzene rings is 2. The molecule has 0 saturated carbocycles. The van der Waals surface area contributed by atoms with Crippen molar-refractivity contribution >= 4 is 33.4 Å². The minimum absolute atomic E-state index is 0.161. The lowest BCUT2D eigenvalue weighted by Crippen LogP contribution is -2.14. The predicted molar refractivity (Wildman–Crippen MR) is 95.3 cm³/mol. The average molecular weight is 316 g/mol. The fourth-order valence-corrected chi connectivity index (χ4v) is 2.84. The van der Waals surface area contributed by atoms with Gasteiger partial charge in [0.2, 0.25) is 0 Å². The minimum atomic E-state index is -0.161. The number of fused-ring (bicyclic) bond motifs is 2. The van der Waals surface area contributed by atoms with Gasteiger partial charge >= 0.3 is 0 Å². The molecule has 24 heavy (non-hydrogen) atoms. The van der Waals surface area contributed by atoms with Crippen LogP contribution >= 0.6 is 0 Å². The molecule has 2 heterocycles. The number of H-pyrrole nitrogens is 1. The Morgan fingerprint density at radius 1 is 1.04 bits per heavy atom. The van der Waals surface area contributed by atoms with Gasteiger partial charge in [0, 0.05) is 16.5 Å². The molecule has 5 heteroatoms. The summed E-state index contributed by atoms with van der Waals surface area (Å²) in [5.74, 6) is -0.161. The first-order valence-electron chi connectivity index (χ1n) is 7.73. The standard InChI is InChI=1S/C19H16N4O/c1-11-3-5-17-13(7-11)9-16(12(2)21-17)19(24)22-15-4-6-18-14(8-15)10-20-23-18/h3-10H,1-2H3,(H,20,23)(H,22,24). The van der Waals surface area contributed by atoms with Gasteiger partial charge in [-0.2, -0.15) is 5.10 Å². The summed E-state index contributed by atoms with van der Waals surface area (Å²) in [5, 5.41) is 11.7. The summed E-state index contributed by atoms with van der Waals surface area (Å²) < 4.78 is 0. The van der Waals surface area contributed by atoms with Gasteiger partial charge < -0.3 is 5.32 Å². The smallest absolute Gasteiger partial charge is 0.257 e. The first kappa shape index (κ1) is 14.4. The molecule has 118 valence electrons. The van der Waals surface area contributed by atoms with Crippen LogP contribution in [-0.4, -0.2) is 21.1 Å². The number of nitrogens with one attached hydrogen (secondary N) is 2. The van der Waals surface area contributed by atoms with E-state index in [1.165, 1.54) is 0 Å².